The number of ether oxygens (including phenoxy) is 1. The summed E-state index contributed by atoms with van der Waals surface area (Å²) in [6, 6.07) is 0.400. The van der Waals surface area contributed by atoms with Crippen LogP contribution in [0.2, 0.25) is 0 Å². The molecule has 0 bridgehead atoms. The first-order valence-electron chi connectivity index (χ1n) is 5.41. The Morgan fingerprint density at radius 1 is 1.62 bits per heavy atom. The SMILES string of the molecule is CNCC(COC)N(C)Cc1scnc1C. The van der Waals surface area contributed by atoms with Gasteiger partial charge in [0, 0.05) is 31.1 Å². The predicted molar refractivity (Wildman–Crippen MR) is 67.9 cm³/mol. The predicted octanol–water partition coefficient (Wildman–Crippen LogP) is 1.12. The van der Waals surface area contributed by atoms with E-state index in [0.29, 0.717) is 6.04 Å². The minimum Gasteiger partial charge on any atom is -0.383 e. The van der Waals surface area contributed by atoms with E-state index in [-0.39, 0.29) is 0 Å². The van der Waals surface area contributed by atoms with E-state index >= 15 is 0 Å². The fraction of sp³-hybridized carbons (Fsp3) is 0.727. The van der Waals surface area contributed by atoms with Gasteiger partial charge in [0.25, 0.3) is 0 Å². The average Bonchev–Trinajstić information content (AvgIpc) is 2.64. The standard InChI is InChI=1S/C11H21N3OS/c1-9-11(16-8-13-9)6-14(3)10(5-12-2)7-15-4/h8,10,12H,5-7H2,1-4H3. The molecule has 1 unspecified atom stereocenters. The Hall–Kier alpha value is -0.490. The van der Waals surface area contributed by atoms with Crippen LogP contribution < -0.4 is 5.32 Å². The van der Waals surface area contributed by atoms with Gasteiger partial charge in [-0.1, -0.05) is 0 Å². The molecule has 0 saturated carbocycles. The Labute approximate surface area is 102 Å². The van der Waals surface area contributed by atoms with Crippen LogP contribution in [0.15, 0.2) is 5.51 Å². The molecule has 0 aliphatic heterocycles. The highest BCUT2D eigenvalue weighted by Crippen LogP contribution is 2.15. The zero-order valence-electron chi connectivity index (χ0n) is 10.5. The molecule has 0 aliphatic carbocycles. The summed E-state index contributed by atoms with van der Waals surface area (Å²) >= 11 is 1.72. The van der Waals surface area contributed by atoms with E-state index in [9.17, 15) is 0 Å². The van der Waals surface area contributed by atoms with Gasteiger partial charge in [0.1, 0.15) is 0 Å². The summed E-state index contributed by atoms with van der Waals surface area (Å²) in [7, 11) is 5.84. The lowest BCUT2D eigenvalue weighted by Gasteiger charge is -2.27. The Morgan fingerprint density at radius 3 is 2.88 bits per heavy atom. The zero-order chi connectivity index (χ0) is 12.0. The molecular weight excluding hydrogens is 222 g/mol. The number of thiazole rings is 1. The molecule has 92 valence electrons. The number of methoxy groups -OCH3 is 1. The molecule has 1 aromatic heterocycles. The van der Waals surface area contributed by atoms with E-state index in [4.69, 9.17) is 4.74 Å². The van der Waals surface area contributed by atoms with Gasteiger partial charge in [0.2, 0.25) is 0 Å². The molecule has 4 nitrogen and oxygen atoms in total. The van der Waals surface area contributed by atoms with Gasteiger partial charge in [-0.25, -0.2) is 4.98 Å². The van der Waals surface area contributed by atoms with E-state index in [0.717, 1.165) is 25.4 Å². The Kier molecular flexibility index (Phi) is 5.90. The summed E-state index contributed by atoms with van der Waals surface area (Å²) < 4.78 is 5.23. The molecule has 0 aliphatic rings. The molecule has 0 amide bonds. The first-order chi connectivity index (χ1) is 7.69. The molecule has 1 N–H and O–H groups in total. The molecule has 5 heteroatoms. The molecule has 0 radical (unpaired) electrons. The number of hydrogen-bond donors (Lipinski definition) is 1. The minimum atomic E-state index is 0.400. The molecule has 16 heavy (non-hydrogen) atoms. The molecule has 0 aromatic carbocycles. The fourth-order valence-corrected chi connectivity index (χ4v) is 2.44. The van der Waals surface area contributed by atoms with Crippen LogP contribution in [0.4, 0.5) is 0 Å². The van der Waals surface area contributed by atoms with Crippen LogP contribution >= 0.6 is 11.3 Å². The van der Waals surface area contributed by atoms with Gasteiger partial charge in [-0.15, -0.1) is 11.3 Å². The molecule has 0 saturated heterocycles. The van der Waals surface area contributed by atoms with Gasteiger partial charge in [0.15, 0.2) is 0 Å². The van der Waals surface area contributed by atoms with Crippen LogP contribution in [0.5, 0.6) is 0 Å². The van der Waals surface area contributed by atoms with Crippen molar-refractivity contribution in [2.75, 3.05) is 34.4 Å². The number of rotatable bonds is 7. The van der Waals surface area contributed by atoms with E-state index in [1.807, 2.05) is 12.6 Å². The third-order valence-electron chi connectivity index (χ3n) is 2.66. The van der Waals surface area contributed by atoms with Crippen molar-refractivity contribution in [3.8, 4) is 0 Å². The normalized spacial score (nSPS) is 13.3. The van der Waals surface area contributed by atoms with Crippen molar-refractivity contribution in [2.24, 2.45) is 0 Å². The van der Waals surface area contributed by atoms with Crippen molar-refractivity contribution < 1.29 is 4.74 Å². The number of nitrogens with zero attached hydrogens (tertiary/aromatic N) is 2. The molecule has 1 atom stereocenters. The summed E-state index contributed by atoms with van der Waals surface area (Å²) in [5.74, 6) is 0. The number of aromatic nitrogens is 1. The van der Waals surface area contributed by atoms with Crippen LogP contribution in [0.3, 0.4) is 0 Å². The Morgan fingerprint density at radius 2 is 2.38 bits per heavy atom. The van der Waals surface area contributed by atoms with Gasteiger partial charge < -0.3 is 10.1 Å². The molecular formula is C11H21N3OS. The Balaban J connectivity index is 2.54. The highest BCUT2D eigenvalue weighted by atomic mass is 32.1. The first-order valence-corrected chi connectivity index (χ1v) is 6.29. The number of nitrogens with one attached hydrogen (secondary N) is 1. The number of likely N-dealkylation sites (N-methyl/N-ethyl adjacent to an activating group) is 2. The summed E-state index contributed by atoms with van der Waals surface area (Å²) in [6.45, 7) is 4.67. The van der Waals surface area contributed by atoms with Crippen molar-refractivity contribution in [1.82, 2.24) is 15.2 Å². The lowest BCUT2D eigenvalue weighted by Crippen LogP contribution is -2.41. The van der Waals surface area contributed by atoms with Gasteiger partial charge >= 0.3 is 0 Å². The van der Waals surface area contributed by atoms with Crippen molar-refractivity contribution in [2.45, 2.75) is 19.5 Å². The lowest BCUT2D eigenvalue weighted by molar-refractivity contribution is 0.103. The molecule has 0 fully saturated rings. The van der Waals surface area contributed by atoms with Crippen LogP contribution in [0, 0.1) is 6.92 Å². The van der Waals surface area contributed by atoms with E-state index in [2.05, 4.69) is 29.2 Å². The monoisotopic (exact) mass is 243 g/mol. The second-order valence-electron chi connectivity index (χ2n) is 3.94. The maximum atomic E-state index is 5.23. The highest BCUT2D eigenvalue weighted by molar-refractivity contribution is 7.09. The van der Waals surface area contributed by atoms with E-state index in [1.54, 1.807) is 18.4 Å². The van der Waals surface area contributed by atoms with Crippen LogP contribution in [0.25, 0.3) is 0 Å². The zero-order valence-corrected chi connectivity index (χ0v) is 11.3. The third kappa shape index (κ3) is 3.83. The second kappa shape index (κ2) is 6.96. The largest absolute Gasteiger partial charge is 0.383 e. The van der Waals surface area contributed by atoms with Gasteiger partial charge in [0.05, 0.1) is 17.8 Å². The fourth-order valence-electron chi connectivity index (χ4n) is 1.60. The maximum absolute atomic E-state index is 5.23. The second-order valence-corrected chi connectivity index (χ2v) is 4.88. The molecule has 1 heterocycles. The van der Waals surface area contributed by atoms with Gasteiger partial charge in [-0.3, -0.25) is 4.90 Å². The van der Waals surface area contributed by atoms with Crippen LogP contribution in [0.1, 0.15) is 10.6 Å². The molecule has 0 spiro atoms. The first kappa shape index (κ1) is 13.6. The van der Waals surface area contributed by atoms with Crippen molar-refractivity contribution in [1.29, 1.82) is 0 Å². The lowest BCUT2D eigenvalue weighted by atomic mass is 10.2. The molecule has 1 aromatic rings. The number of hydrogen-bond acceptors (Lipinski definition) is 5. The van der Waals surface area contributed by atoms with Crippen LogP contribution in [-0.4, -0.2) is 50.3 Å². The summed E-state index contributed by atoms with van der Waals surface area (Å²) in [5.41, 5.74) is 3.04. The average molecular weight is 243 g/mol. The number of aryl methyl sites for hydroxylation is 1. The molecule has 1 rings (SSSR count). The highest BCUT2D eigenvalue weighted by Gasteiger charge is 2.15. The summed E-state index contributed by atoms with van der Waals surface area (Å²) in [5, 5.41) is 3.19. The van der Waals surface area contributed by atoms with E-state index in [1.165, 1.54) is 4.88 Å². The van der Waals surface area contributed by atoms with Crippen molar-refractivity contribution in [3.05, 3.63) is 16.1 Å². The minimum absolute atomic E-state index is 0.400. The Bertz CT molecular complexity index is 297. The van der Waals surface area contributed by atoms with Crippen molar-refractivity contribution >= 4 is 11.3 Å². The topological polar surface area (TPSA) is 37.4 Å². The quantitative estimate of drug-likeness (QED) is 0.778. The van der Waals surface area contributed by atoms with Gasteiger partial charge in [-0.05, 0) is 21.0 Å². The smallest absolute Gasteiger partial charge is 0.0798 e. The third-order valence-corrected chi connectivity index (χ3v) is 3.58. The van der Waals surface area contributed by atoms with Crippen LogP contribution in [-0.2, 0) is 11.3 Å². The maximum Gasteiger partial charge on any atom is 0.0798 e. The van der Waals surface area contributed by atoms with Gasteiger partial charge in [-0.2, -0.15) is 0 Å². The van der Waals surface area contributed by atoms with E-state index < -0.39 is 0 Å². The summed E-state index contributed by atoms with van der Waals surface area (Å²) in [6.07, 6.45) is 0. The summed E-state index contributed by atoms with van der Waals surface area (Å²) in [4.78, 5) is 7.91. The van der Waals surface area contributed by atoms with Crippen molar-refractivity contribution in [3.63, 3.8) is 0 Å².